The first-order valence-corrected chi connectivity index (χ1v) is 10.2. The monoisotopic (exact) mass is 396 g/mol. The van der Waals surface area contributed by atoms with E-state index in [1.807, 2.05) is 24.3 Å². The van der Waals surface area contributed by atoms with Gasteiger partial charge in [-0.15, -0.1) is 0 Å². The van der Waals surface area contributed by atoms with Crippen LogP contribution >= 0.6 is 0 Å². The normalized spacial score (nSPS) is 22.4. The number of ketones is 1. The maximum absolute atomic E-state index is 12.9. The average molecular weight is 396 g/mol. The molecule has 0 atom stereocenters. The minimum absolute atomic E-state index is 0.164. The molecule has 2 heterocycles. The van der Waals surface area contributed by atoms with Crippen LogP contribution in [0.4, 0.5) is 0 Å². The predicted octanol–water partition coefficient (Wildman–Crippen LogP) is 0.320. The minimum Gasteiger partial charge on any atom is -0.507 e. The van der Waals surface area contributed by atoms with E-state index in [9.17, 15) is 9.90 Å². The van der Waals surface area contributed by atoms with Gasteiger partial charge in [-0.1, -0.05) is 18.2 Å². The first-order chi connectivity index (χ1) is 14.1. The zero-order chi connectivity index (χ0) is 20.4. The van der Waals surface area contributed by atoms with Crippen LogP contribution in [0.2, 0.25) is 0 Å². The highest BCUT2D eigenvalue weighted by Gasteiger charge is 2.33. The predicted molar refractivity (Wildman–Crippen MR) is 110 cm³/mol. The second kappa shape index (κ2) is 8.27. The van der Waals surface area contributed by atoms with Crippen molar-refractivity contribution >= 4 is 11.9 Å². The van der Waals surface area contributed by atoms with Crippen LogP contribution in [0.25, 0.3) is 6.08 Å². The topological polar surface area (TPSA) is 64.6 Å². The van der Waals surface area contributed by atoms with E-state index in [1.165, 1.54) is 4.90 Å². The van der Waals surface area contributed by atoms with Gasteiger partial charge in [0.1, 0.15) is 44.2 Å². The number of aromatic hydroxyl groups is 1. The Morgan fingerprint density at radius 1 is 1.10 bits per heavy atom. The number of Topliss-reactive ketones (excluding diaryl/α,β-unsaturated/α-hetero) is 1. The molecule has 29 heavy (non-hydrogen) atoms. The molecular weight excluding hydrogens is 368 g/mol. The molecule has 1 fully saturated rings. The summed E-state index contributed by atoms with van der Waals surface area (Å²) in [6.07, 6.45) is 1.71. The molecule has 3 N–H and O–H groups in total. The molecule has 2 aliphatic rings. The molecule has 6 heteroatoms. The second-order valence-electron chi connectivity index (χ2n) is 7.65. The summed E-state index contributed by atoms with van der Waals surface area (Å²) < 4.78 is 11.4. The zero-order valence-corrected chi connectivity index (χ0v) is 17.0. The van der Waals surface area contributed by atoms with Crippen molar-refractivity contribution in [3.63, 3.8) is 0 Å². The maximum atomic E-state index is 12.9. The quantitative estimate of drug-likeness (QED) is 0.637. The van der Waals surface area contributed by atoms with E-state index in [-0.39, 0.29) is 17.3 Å². The van der Waals surface area contributed by atoms with E-state index in [0.29, 0.717) is 29.2 Å². The Hall–Kier alpha value is -2.83. The van der Waals surface area contributed by atoms with E-state index >= 15 is 0 Å². The summed E-state index contributed by atoms with van der Waals surface area (Å²) >= 11 is 0. The van der Waals surface area contributed by atoms with Crippen LogP contribution in [0.5, 0.6) is 17.2 Å². The van der Waals surface area contributed by atoms with Crippen molar-refractivity contribution in [2.24, 2.45) is 0 Å². The third-order valence-corrected chi connectivity index (χ3v) is 5.93. The number of carbonyl (C=O) groups excluding carboxylic acids is 1. The molecule has 4 rings (SSSR count). The first-order valence-electron chi connectivity index (χ1n) is 10.2. The van der Waals surface area contributed by atoms with Crippen molar-refractivity contribution in [3.8, 4) is 17.2 Å². The molecule has 0 spiro atoms. The van der Waals surface area contributed by atoms with Crippen LogP contribution in [0.1, 0.15) is 28.4 Å². The molecule has 2 aromatic rings. The third-order valence-electron chi connectivity index (χ3n) is 5.93. The van der Waals surface area contributed by atoms with Crippen LogP contribution in [0.3, 0.4) is 0 Å². The number of rotatable bonds is 5. The summed E-state index contributed by atoms with van der Waals surface area (Å²) in [5, 5.41) is 10.5. The lowest BCUT2D eigenvalue weighted by molar-refractivity contribution is -1.02. The van der Waals surface area contributed by atoms with Gasteiger partial charge in [-0.05, 0) is 31.2 Å². The number of benzene rings is 2. The largest absolute Gasteiger partial charge is 0.507 e. The van der Waals surface area contributed by atoms with Crippen molar-refractivity contribution in [1.82, 2.24) is 0 Å². The van der Waals surface area contributed by atoms with Crippen LogP contribution in [0.15, 0.2) is 42.2 Å². The standard InChI is InChI=1S/C23H26N2O4/c1-3-24-10-12-25(13-11-24)15-18-19(26)9-8-17-22(27)21(29-23(17)18)14-16-6-4-5-7-20(16)28-2/h4-9,14,26H,3,10-13,15H2,1-2H3/p+2/b21-14-. The number of methoxy groups -OCH3 is 1. The van der Waals surface area contributed by atoms with Gasteiger partial charge in [0.05, 0.1) is 24.8 Å². The number of carbonyl (C=O) groups is 1. The second-order valence-corrected chi connectivity index (χ2v) is 7.65. The number of phenols is 1. The summed E-state index contributed by atoms with van der Waals surface area (Å²) in [4.78, 5) is 15.9. The third kappa shape index (κ3) is 3.86. The molecule has 2 aromatic carbocycles. The number of para-hydroxylation sites is 1. The summed E-state index contributed by atoms with van der Waals surface area (Å²) in [5.41, 5.74) is 2.01. The highest BCUT2D eigenvalue weighted by molar-refractivity contribution is 6.15. The van der Waals surface area contributed by atoms with Gasteiger partial charge in [0, 0.05) is 5.56 Å². The Bertz CT molecular complexity index is 946. The van der Waals surface area contributed by atoms with Gasteiger partial charge >= 0.3 is 0 Å². The lowest BCUT2D eigenvalue weighted by Gasteiger charge is -2.29. The van der Waals surface area contributed by atoms with Crippen LogP contribution in [-0.4, -0.2) is 50.7 Å². The number of hydrogen-bond acceptors (Lipinski definition) is 4. The Morgan fingerprint density at radius 3 is 2.55 bits per heavy atom. The van der Waals surface area contributed by atoms with Crippen LogP contribution in [-0.2, 0) is 6.54 Å². The number of ether oxygens (including phenoxy) is 2. The molecule has 0 saturated carbocycles. The van der Waals surface area contributed by atoms with Crippen molar-refractivity contribution in [1.29, 1.82) is 0 Å². The number of likely N-dealkylation sites (N-methyl/N-ethyl adjacent to an activating group) is 1. The lowest BCUT2D eigenvalue weighted by Crippen LogP contribution is -3.27. The number of fused-ring (bicyclic) bond motifs is 1. The van der Waals surface area contributed by atoms with Crippen molar-refractivity contribution < 1.29 is 29.2 Å². The SMILES string of the molecule is CC[NH+]1CC[NH+](Cc2c(O)ccc3c2O/C(=C\c2ccccc2OC)C3=O)CC1. The van der Waals surface area contributed by atoms with Gasteiger partial charge in [-0.3, -0.25) is 4.79 Å². The van der Waals surface area contributed by atoms with Crippen LogP contribution < -0.4 is 19.3 Å². The Balaban J connectivity index is 1.61. The van der Waals surface area contributed by atoms with Crippen LogP contribution in [0, 0.1) is 0 Å². The molecule has 2 aliphatic heterocycles. The molecule has 0 amide bonds. The molecule has 0 bridgehead atoms. The van der Waals surface area contributed by atoms with Crippen molar-refractivity contribution in [3.05, 3.63) is 58.8 Å². The number of nitrogens with one attached hydrogen (secondary N) is 2. The minimum atomic E-state index is -0.164. The highest BCUT2D eigenvalue weighted by atomic mass is 16.5. The fraction of sp³-hybridized carbons (Fsp3) is 0.348. The summed E-state index contributed by atoms with van der Waals surface area (Å²) in [5.74, 6) is 1.45. The molecule has 152 valence electrons. The van der Waals surface area contributed by atoms with Gasteiger partial charge in [0.15, 0.2) is 11.5 Å². The van der Waals surface area contributed by atoms with Gasteiger partial charge in [0.25, 0.3) is 0 Å². The smallest absolute Gasteiger partial charge is 0.231 e. The maximum Gasteiger partial charge on any atom is 0.231 e. The Morgan fingerprint density at radius 2 is 1.83 bits per heavy atom. The van der Waals surface area contributed by atoms with Gasteiger partial charge in [0.2, 0.25) is 5.78 Å². The Labute approximate surface area is 171 Å². The van der Waals surface area contributed by atoms with Gasteiger partial charge in [-0.2, -0.15) is 0 Å². The summed E-state index contributed by atoms with van der Waals surface area (Å²) in [7, 11) is 1.60. The number of piperazine rings is 1. The fourth-order valence-electron chi connectivity index (χ4n) is 4.13. The summed E-state index contributed by atoms with van der Waals surface area (Å²) in [6, 6.07) is 10.7. The first kappa shape index (κ1) is 19.5. The number of allylic oxidation sites excluding steroid dienone is 1. The fourth-order valence-corrected chi connectivity index (χ4v) is 4.13. The summed E-state index contributed by atoms with van der Waals surface area (Å²) in [6.45, 7) is 8.36. The van der Waals surface area contributed by atoms with Gasteiger partial charge < -0.3 is 24.4 Å². The molecule has 0 aliphatic carbocycles. The molecule has 0 aromatic heterocycles. The van der Waals surface area contributed by atoms with E-state index in [1.54, 1.807) is 30.2 Å². The average Bonchev–Trinajstić information content (AvgIpc) is 3.06. The lowest BCUT2D eigenvalue weighted by atomic mass is 10.0. The van der Waals surface area contributed by atoms with E-state index in [4.69, 9.17) is 9.47 Å². The van der Waals surface area contributed by atoms with E-state index in [0.717, 1.165) is 38.3 Å². The zero-order valence-electron chi connectivity index (χ0n) is 17.0. The Kier molecular flexibility index (Phi) is 5.56. The number of quaternary nitrogens is 2. The van der Waals surface area contributed by atoms with E-state index < -0.39 is 0 Å². The molecule has 0 radical (unpaired) electrons. The highest BCUT2D eigenvalue weighted by Crippen LogP contribution is 2.39. The molecule has 6 nitrogen and oxygen atoms in total. The van der Waals surface area contributed by atoms with Crippen molar-refractivity contribution in [2.75, 3.05) is 39.8 Å². The molecule has 0 unspecified atom stereocenters. The molecule has 1 saturated heterocycles. The molecular formula is C23H28N2O4+2. The van der Waals surface area contributed by atoms with E-state index in [2.05, 4.69) is 6.92 Å². The van der Waals surface area contributed by atoms with Crippen molar-refractivity contribution in [2.45, 2.75) is 13.5 Å². The number of phenolic OH excluding ortho intramolecular Hbond substituents is 1. The van der Waals surface area contributed by atoms with Gasteiger partial charge in [-0.25, -0.2) is 0 Å². The number of hydrogen-bond donors (Lipinski definition) is 3.